The van der Waals surface area contributed by atoms with E-state index < -0.39 is 0 Å². The molecule has 0 saturated heterocycles. The van der Waals surface area contributed by atoms with Crippen LogP contribution in [0.15, 0.2) is 47.7 Å². The van der Waals surface area contributed by atoms with Gasteiger partial charge in [0, 0.05) is 0 Å². The molecule has 0 heterocycles. The molecule has 0 amide bonds. The number of aliphatic hydroxyl groups is 1. The molecular weight excluding hydrogens is 172 g/mol. The molecule has 1 nitrogen and oxygen atoms in total. The average Bonchev–Trinajstić information content (AvgIpc) is 2.05. The summed E-state index contributed by atoms with van der Waals surface area (Å²) >= 11 is 5.21. The van der Waals surface area contributed by atoms with Crippen LogP contribution in [0.3, 0.4) is 0 Å². The molecule has 0 radical (unpaired) electrons. The van der Waals surface area contributed by atoms with Crippen molar-refractivity contribution in [3.63, 3.8) is 0 Å². The van der Waals surface area contributed by atoms with Crippen molar-refractivity contribution < 1.29 is 5.11 Å². The number of benzene rings is 1. The van der Waals surface area contributed by atoms with Gasteiger partial charge in [-0.2, -0.15) is 0 Å². The molecule has 0 bridgehead atoms. The minimum Gasteiger partial charge on any atom is -0.499 e. The summed E-state index contributed by atoms with van der Waals surface area (Å²) in [6, 6.07) is 9.78. The van der Waals surface area contributed by atoms with Gasteiger partial charge >= 0.3 is 0 Å². The maximum absolute atomic E-state index is 8.61. The fraction of sp³-hybridized carbons (Fsp3) is 0. The molecule has 0 unspecified atom stereocenters. The van der Waals surface area contributed by atoms with Gasteiger partial charge in [-0.25, -0.2) is 0 Å². The van der Waals surface area contributed by atoms with Gasteiger partial charge in [0.25, 0.3) is 0 Å². The smallest absolute Gasteiger partial charge is 0.184 e. The Morgan fingerprint density at radius 1 is 1.25 bits per heavy atom. The summed E-state index contributed by atoms with van der Waals surface area (Å²) in [6.45, 7) is 0. The van der Waals surface area contributed by atoms with E-state index in [9.17, 15) is 0 Å². The first-order valence-corrected chi connectivity index (χ1v) is 3.95. The maximum Gasteiger partial charge on any atom is 0.184 e. The Morgan fingerprint density at radius 2 is 1.92 bits per heavy atom. The van der Waals surface area contributed by atoms with E-state index in [0.29, 0.717) is 0 Å². The van der Waals surface area contributed by atoms with Crippen molar-refractivity contribution in [1.82, 2.24) is 0 Å². The van der Waals surface area contributed by atoms with Gasteiger partial charge in [-0.15, -0.1) is 0 Å². The molecule has 0 saturated carbocycles. The summed E-state index contributed by atoms with van der Waals surface area (Å²) in [4.78, 5) is 0. The van der Waals surface area contributed by atoms with Crippen molar-refractivity contribution in [1.29, 1.82) is 0 Å². The molecule has 1 aromatic rings. The van der Waals surface area contributed by atoms with Crippen LogP contribution in [0.25, 0.3) is 6.08 Å². The van der Waals surface area contributed by atoms with Crippen LogP contribution in [0.5, 0.6) is 0 Å². The average molecular weight is 181 g/mol. The van der Waals surface area contributed by atoms with Crippen molar-refractivity contribution in [2.45, 2.75) is 0 Å². The summed E-state index contributed by atoms with van der Waals surface area (Å²) < 4.78 is 0. The van der Waals surface area contributed by atoms with E-state index >= 15 is 0 Å². The lowest BCUT2D eigenvalue weighted by atomic mass is 10.2. The Bertz CT molecular complexity index is 284. The lowest BCUT2D eigenvalue weighted by Crippen LogP contribution is -1.67. The highest BCUT2D eigenvalue weighted by atomic mass is 35.5. The molecule has 0 aliphatic heterocycles. The molecule has 62 valence electrons. The molecule has 2 heteroatoms. The topological polar surface area (TPSA) is 20.2 Å². The second-order valence-corrected chi connectivity index (χ2v) is 2.65. The zero-order valence-electron chi connectivity index (χ0n) is 6.44. The van der Waals surface area contributed by atoms with E-state index in [1.165, 1.54) is 6.08 Å². The third-order valence-electron chi connectivity index (χ3n) is 1.32. The van der Waals surface area contributed by atoms with Gasteiger partial charge in [-0.1, -0.05) is 42.5 Å². The summed E-state index contributed by atoms with van der Waals surface area (Å²) in [5.74, 6) is 0. The Hall–Kier alpha value is -1.21. The lowest BCUT2D eigenvalue weighted by Gasteiger charge is -1.88. The SMILES string of the molecule is OC(Cl)=CC=Cc1ccccc1. The molecule has 0 spiro atoms. The van der Waals surface area contributed by atoms with Crippen molar-refractivity contribution >= 4 is 17.7 Å². The first kappa shape index (κ1) is 8.88. The van der Waals surface area contributed by atoms with Crippen LogP contribution < -0.4 is 0 Å². The largest absolute Gasteiger partial charge is 0.499 e. The highest BCUT2D eigenvalue weighted by Gasteiger charge is 1.81. The van der Waals surface area contributed by atoms with E-state index in [1.807, 2.05) is 36.4 Å². The number of hydrogen-bond acceptors (Lipinski definition) is 1. The predicted molar refractivity (Wildman–Crippen MR) is 52.0 cm³/mol. The molecule has 0 aliphatic carbocycles. The van der Waals surface area contributed by atoms with Crippen molar-refractivity contribution in [2.75, 3.05) is 0 Å². The number of allylic oxidation sites excluding steroid dienone is 2. The van der Waals surface area contributed by atoms with Gasteiger partial charge < -0.3 is 5.11 Å². The second-order valence-electron chi connectivity index (χ2n) is 2.26. The number of hydrogen-bond donors (Lipinski definition) is 1. The Kier molecular flexibility index (Phi) is 3.42. The molecule has 1 aromatic carbocycles. The molecule has 0 aliphatic rings. The number of aliphatic hydroxyl groups excluding tert-OH is 1. The lowest BCUT2D eigenvalue weighted by molar-refractivity contribution is 0.453. The van der Waals surface area contributed by atoms with Crippen LogP contribution in [0.1, 0.15) is 5.56 Å². The van der Waals surface area contributed by atoms with Crippen LogP contribution in [-0.2, 0) is 0 Å². The molecule has 0 fully saturated rings. The molecule has 12 heavy (non-hydrogen) atoms. The number of halogens is 1. The van der Waals surface area contributed by atoms with Crippen molar-refractivity contribution in [2.24, 2.45) is 0 Å². The molecule has 1 N–H and O–H groups in total. The Balaban J connectivity index is 2.64. The molecule has 0 atom stereocenters. The van der Waals surface area contributed by atoms with Crippen LogP contribution in [0, 0.1) is 0 Å². The highest BCUT2D eigenvalue weighted by Crippen LogP contribution is 2.02. The van der Waals surface area contributed by atoms with Gasteiger partial charge in [0.1, 0.15) is 0 Å². The minimum absolute atomic E-state index is 0.206. The summed E-state index contributed by atoms with van der Waals surface area (Å²) in [7, 11) is 0. The van der Waals surface area contributed by atoms with Gasteiger partial charge in [-0.05, 0) is 23.2 Å². The van der Waals surface area contributed by atoms with Gasteiger partial charge in [0.05, 0.1) is 0 Å². The standard InChI is InChI=1S/C10H9ClO/c11-10(12)8-4-7-9-5-2-1-3-6-9/h1-8,12H. The summed E-state index contributed by atoms with van der Waals surface area (Å²) in [5.41, 5.74) is 1.08. The molecule has 1 rings (SSSR count). The minimum atomic E-state index is -0.206. The fourth-order valence-electron chi connectivity index (χ4n) is 0.803. The van der Waals surface area contributed by atoms with Gasteiger partial charge in [0.2, 0.25) is 0 Å². The fourth-order valence-corrected chi connectivity index (χ4v) is 0.876. The van der Waals surface area contributed by atoms with Gasteiger partial charge in [0.15, 0.2) is 5.22 Å². The van der Waals surface area contributed by atoms with Crippen molar-refractivity contribution in [3.8, 4) is 0 Å². The van der Waals surface area contributed by atoms with Crippen LogP contribution in [-0.4, -0.2) is 5.11 Å². The van der Waals surface area contributed by atoms with Gasteiger partial charge in [-0.3, -0.25) is 0 Å². The zero-order chi connectivity index (χ0) is 8.81. The van der Waals surface area contributed by atoms with Crippen LogP contribution in [0.2, 0.25) is 0 Å². The van der Waals surface area contributed by atoms with E-state index in [1.54, 1.807) is 6.08 Å². The molecular formula is C10H9ClO. The second kappa shape index (κ2) is 4.62. The van der Waals surface area contributed by atoms with E-state index in [4.69, 9.17) is 16.7 Å². The first-order chi connectivity index (χ1) is 5.79. The Labute approximate surface area is 76.6 Å². The maximum atomic E-state index is 8.61. The highest BCUT2D eigenvalue weighted by molar-refractivity contribution is 6.28. The quantitative estimate of drug-likeness (QED) is 0.547. The summed E-state index contributed by atoms with van der Waals surface area (Å²) in [6.07, 6.45) is 4.98. The summed E-state index contributed by atoms with van der Waals surface area (Å²) in [5, 5.41) is 8.40. The first-order valence-electron chi connectivity index (χ1n) is 3.57. The van der Waals surface area contributed by atoms with E-state index in [0.717, 1.165) is 5.56 Å². The third-order valence-corrected chi connectivity index (χ3v) is 1.45. The number of rotatable bonds is 2. The van der Waals surface area contributed by atoms with E-state index in [-0.39, 0.29) is 5.22 Å². The third kappa shape index (κ3) is 3.26. The monoisotopic (exact) mass is 180 g/mol. The Morgan fingerprint density at radius 3 is 2.50 bits per heavy atom. The zero-order valence-corrected chi connectivity index (χ0v) is 7.20. The normalized spacial score (nSPS) is 12.2. The molecule has 0 aromatic heterocycles. The van der Waals surface area contributed by atoms with E-state index in [2.05, 4.69) is 0 Å². The van der Waals surface area contributed by atoms with Crippen LogP contribution in [0.4, 0.5) is 0 Å². The van der Waals surface area contributed by atoms with Crippen LogP contribution >= 0.6 is 11.6 Å². The van der Waals surface area contributed by atoms with Crippen molar-refractivity contribution in [3.05, 3.63) is 53.3 Å². The predicted octanol–water partition coefficient (Wildman–Crippen LogP) is 3.34.